The molecule has 1 aromatic heterocycles. The Balaban J connectivity index is 2.26. The molecule has 2 aromatic rings. The van der Waals surface area contributed by atoms with Gasteiger partial charge in [0, 0.05) is 6.07 Å². The number of hydrogen-bond acceptors (Lipinski definition) is 5. The van der Waals surface area contributed by atoms with E-state index >= 15 is 0 Å². The molecule has 8 heteroatoms. The molecule has 1 aromatic carbocycles. The van der Waals surface area contributed by atoms with E-state index in [1.807, 2.05) is 13.0 Å². The minimum Gasteiger partial charge on any atom is -0.397 e. The molecule has 0 aliphatic carbocycles. The highest BCUT2D eigenvalue weighted by molar-refractivity contribution is 7.18. The fourth-order valence-corrected chi connectivity index (χ4v) is 2.68. The van der Waals surface area contributed by atoms with Gasteiger partial charge in [0.2, 0.25) is 0 Å². The van der Waals surface area contributed by atoms with Gasteiger partial charge < -0.3 is 11.1 Å². The van der Waals surface area contributed by atoms with E-state index in [-0.39, 0.29) is 14.9 Å². The van der Waals surface area contributed by atoms with Gasteiger partial charge in [-0.05, 0) is 24.6 Å². The number of benzene rings is 1. The van der Waals surface area contributed by atoms with Crippen LogP contribution in [0.4, 0.5) is 17.1 Å². The summed E-state index contributed by atoms with van der Waals surface area (Å²) in [5.74, 6) is -0.484. The zero-order valence-corrected chi connectivity index (χ0v) is 11.9. The van der Waals surface area contributed by atoms with Crippen LogP contribution < -0.4 is 11.1 Å². The van der Waals surface area contributed by atoms with Gasteiger partial charge in [0.25, 0.3) is 11.6 Å². The molecular formula is C12H10ClN3O3S. The lowest BCUT2D eigenvalue weighted by Crippen LogP contribution is -2.11. The maximum absolute atomic E-state index is 12.0. The molecule has 2 rings (SSSR count). The van der Waals surface area contributed by atoms with Crippen LogP contribution in [0.5, 0.6) is 0 Å². The van der Waals surface area contributed by atoms with Crippen LogP contribution in [0, 0.1) is 17.0 Å². The Kier molecular flexibility index (Phi) is 3.91. The number of carbonyl (C=O) groups is 1. The van der Waals surface area contributed by atoms with E-state index in [4.69, 9.17) is 17.3 Å². The van der Waals surface area contributed by atoms with Crippen LogP contribution in [0.2, 0.25) is 4.34 Å². The lowest BCUT2D eigenvalue weighted by atomic mass is 10.2. The molecule has 0 unspecified atom stereocenters. The second kappa shape index (κ2) is 5.48. The highest BCUT2D eigenvalue weighted by Crippen LogP contribution is 2.34. The highest BCUT2D eigenvalue weighted by atomic mass is 35.5. The number of amides is 1. The first-order valence-corrected chi connectivity index (χ1v) is 6.69. The quantitative estimate of drug-likeness (QED) is 0.515. The van der Waals surface area contributed by atoms with Gasteiger partial charge in [-0.3, -0.25) is 14.9 Å². The fourth-order valence-electron chi connectivity index (χ4n) is 1.56. The summed E-state index contributed by atoms with van der Waals surface area (Å²) < 4.78 is -0.0302. The monoisotopic (exact) mass is 311 g/mol. The van der Waals surface area contributed by atoms with Crippen molar-refractivity contribution in [2.45, 2.75) is 6.92 Å². The van der Waals surface area contributed by atoms with Gasteiger partial charge in [0.15, 0.2) is 4.34 Å². The number of nitrogens with one attached hydrogen (secondary N) is 1. The molecule has 20 heavy (non-hydrogen) atoms. The molecule has 0 saturated heterocycles. The Morgan fingerprint density at radius 2 is 2.15 bits per heavy atom. The summed E-state index contributed by atoms with van der Waals surface area (Å²) in [5, 5.41) is 13.3. The fraction of sp³-hybridized carbons (Fsp3) is 0.0833. The molecular weight excluding hydrogens is 302 g/mol. The Morgan fingerprint density at radius 1 is 1.45 bits per heavy atom. The zero-order valence-electron chi connectivity index (χ0n) is 10.3. The number of nitrogen functional groups attached to an aromatic ring is 1. The third-order valence-corrected chi connectivity index (χ3v) is 3.88. The summed E-state index contributed by atoms with van der Waals surface area (Å²) in [4.78, 5) is 22.2. The first-order chi connectivity index (χ1) is 9.38. The number of hydrogen-bond donors (Lipinski definition) is 2. The minimum absolute atomic E-state index is 0.0302. The molecule has 0 fully saturated rings. The van der Waals surface area contributed by atoms with E-state index in [1.54, 1.807) is 12.1 Å². The first kappa shape index (κ1) is 14.3. The Bertz CT molecular complexity index is 699. The van der Waals surface area contributed by atoms with Crippen LogP contribution in [-0.4, -0.2) is 10.8 Å². The van der Waals surface area contributed by atoms with Crippen molar-refractivity contribution in [3.63, 3.8) is 0 Å². The van der Waals surface area contributed by atoms with E-state index in [0.29, 0.717) is 11.4 Å². The van der Waals surface area contributed by atoms with Crippen molar-refractivity contribution in [3.05, 3.63) is 49.2 Å². The maximum Gasteiger partial charge on any atom is 0.299 e. The van der Waals surface area contributed by atoms with Crippen LogP contribution in [0.15, 0.2) is 24.3 Å². The molecule has 0 aliphatic rings. The molecule has 0 bridgehead atoms. The average Bonchev–Trinajstić information content (AvgIpc) is 2.76. The van der Waals surface area contributed by atoms with Gasteiger partial charge in [-0.2, -0.15) is 0 Å². The van der Waals surface area contributed by atoms with E-state index in [0.717, 1.165) is 23.0 Å². The second-order valence-electron chi connectivity index (χ2n) is 4.07. The van der Waals surface area contributed by atoms with Crippen molar-refractivity contribution in [3.8, 4) is 0 Å². The summed E-state index contributed by atoms with van der Waals surface area (Å²) >= 11 is 6.57. The molecule has 0 aliphatic heterocycles. The molecule has 3 N–H and O–H groups in total. The topological polar surface area (TPSA) is 98.3 Å². The number of nitrogens with two attached hydrogens (primary N) is 1. The standard InChI is InChI=1S/C12H10ClN3O3S/c1-6-2-3-7(14)8(4-6)15-12(17)10-5-9(16(18)19)11(13)20-10/h2-5H,14H2,1H3,(H,15,17). The number of anilines is 2. The van der Waals surface area contributed by atoms with Crippen molar-refractivity contribution >= 4 is 45.9 Å². The average molecular weight is 312 g/mol. The maximum atomic E-state index is 12.0. The van der Waals surface area contributed by atoms with Gasteiger partial charge in [0.1, 0.15) is 4.88 Å². The van der Waals surface area contributed by atoms with Crippen LogP contribution in [0.3, 0.4) is 0 Å². The number of halogens is 1. The van der Waals surface area contributed by atoms with Crippen LogP contribution >= 0.6 is 22.9 Å². The number of carbonyl (C=O) groups excluding carboxylic acids is 1. The van der Waals surface area contributed by atoms with E-state index in [9.17, 15) is 14.9 Å². The Labute approximate surface area is 123 Å². The largest absolute Gasteiger partial charge is 0.397 e. The van der Waals surface area contributed by atoms with E-state index in [1.165, 1.54) is 0 Å². The Hall–Kier alpha value is -2.12. The Morgan fingerprint density at radius 3 is 2.75 bits per heavy atom. The third kappa shape index (κ3) is 2.89. The van der Waals surface area contributed by atoms with Crippen molar-refractivity contribution < 1.29 is 9.72 Å². The summed E-state index contributed by atoms with van der Waals surface area (Å²) in [5.41, 5.74) is 7.29. The lowest BCUT2D eigenvalue weighted by Gasteiger charge is -2.07. The van der Waals surface area contributed by atoms with Gasteiger partial charge in [0.05, 0.1) is 16.3 Å². The van der Waals surface area contributed by atoms with Crippen molar-refractivity contribution in [1.82, 2.24) is 0 Å². The van der Waals surface area contributed by atoms with E-state index in [2.05, 4.69) is 5.32 Å². The lowest BCUT2D eigenvalue weighted by molar-refractivity contribution is -0.384. The number of thiophene rings is 1. The summed E-state index contributed by atoms with van der Waals surface area (Å²) in [6.07, 6.45) is 0. The predicted octanol–water partition coefficient (Wildman–Crippen LogP) is 3.45. The molecule has 104 valence electrons. The molecule has 1 heterocycles. The summed E-state index contributed by atoms with van der Waals surface area (Å²) in [6, 6.07) is 6.36. The van der Waals surface area contributed by atoms with Crippen LogP contribution in [0.25, 0.3) is 0 Å². The molecule has 0 spiro atoms. The molecule has 0 atom stereocenters. The number of nitrogens with zero attached hydrogens (tertiary/aromatic N) is 1. The molecule has 0 radical (unpaired) electrons. The predicted molar refractivity (Wildman–Crippen MR) is 79.5 cm³/mol. The van der Waals surface area contributed by atoms with Gasteiger partial charge >= 0.3 is 0 Å². The minimum atomic E-state index is -0.628. The van der Waals surface area contributed by atoms with Crippen molar-refractivity contribution in [2.24, 2.45) is 0 Å². The van der Waals surface area contributed by atoms with Crippen molar-refractivity contribution in [1.29, 1.82) is 0 Å². The van der Waals surface area contributed by atoms with Gasteiger partial charge in [-0.1, -0.05) is 17.7 Å². The smallest absolute Gasteiger partial charge is 0.299 e. The number of nitro groups is 1. The molecule has 0 saturated carbocycles. The molecule has 1 amide bonds. The summed E-state index contributed by atoms with van der Waals surface area (Å²) in [7, 11) is 0. The molecule has 6 nitrogen and oxygen atoms in total. The van der Waals surface area contributed by atoms with Crippen LogP contribution in [0.1, 0.15) is 15.2 Å². The van der Waals surface area contributed by atoms with Crippen LogP contribution in [-0.2, 0) is 0 Å². The first-order valence-electron chi connectivity index (χ1n) is 5.49. The number of rotatable bonds is 3. The highest BCUT2D eigenvalue weighted by Gasteiger charge is 2.21. The summed E-state index contributed by atoms with van der Waals surface area (Å²) in [6.45, 7) is 1.86. The van der Waals surface area contributed by atoms with E-state index < -0.39 is 10.8 Å². The SMILES string of the molecule is Cc1ccc(N)c(NC(=O)c2cc([N+](=O)[O-])c(Cl)s2)c1. The van der Waals surface area contributed by atoms with Gasteiger partial charge in [-0.15, -0.1) is 11.3 Å². The second-order valence-corrected chi connectivity index (χ2v) is 5.73. The number of aryl methyl sites for hydroxylation is 1. The third-order valence-electron chi connectivity index (χ3n) is 2.55. The normalized spacial score (nSPS) is 10.3. The van der Waals surface area contributed by atoms with Gasteiger partial charge in [-0.25, -0.2) is 0 Å². The zero-order chi connectivity index (χ0) is 14.9. The van der Waals surface area contributed by atoms with Crippen molar-refractivity contribution in [2.75, 3.05) is 11.1 Å².